The minimum absolute atomic E-state index is 0.0107. The number of hydrogen-bond acceptors (Lipinski definition) is 4. The second-order valence-corrected chi connectivity index (χ2v) is 8.56. The molecule has 0 radical (unpaired) electrons. The van der Waals surface area contributed by atoms with Gasteiger partial charge in [0.25, 0.3) is 11.8 Å². The molecule has 1 fully saturated rings. The van der Waals surface area contributed by atoms with Crippen molar-refractivity contribution in [1.29, 1.82) is 0 Å². The lowest BCUT2D eigenvalue weighted by atomic mass is 10.1. The lowest BCUT2D eigenvalue weighted by molar-refractivity contribution is -0.131. The zero-order valence-electron chi connectivity index (χ0n) is 18.3. The van der Waals surface area contributed by atoms with Gasteiger partial charge in [0.2, 0.25) is 5.91 Å². The van der Waals surface area contributed by atoms with Gasteiger partial charge in [-0.15, -0.1) is 0 Å². The molecule has 1 atom stereocenters. The number of carbonyl (C=O) groups is 3. The van der Waals surface area contributed by atoms with E-state index in [9.17, 15) is 18.8 Å². The van der Waals surface area contributed by atoms with Crippen molar-refractivity contribution in [3.8, 4) is 0 Å². The van der Waals surface area contributed by atoms with Gasteiger partial charge in [0.15, 0.2) is 5.11 Å². The second kappa shape index (κ2) is 10.6. The van der Waals surface area contributed by atoms with Crippen LogP contribution in [0.25, 0.3) is 0 Å². The van der Waals surface area contributed by atoms with Gasteiger partial charge >= 0.3 is 0 Å². The molecule has 3 amide bonds. The van der Waals surface area contributed by atoms with E-state index in [4.69, 9.17) is 23.8 Å². The minimum Gasteiger partial charge on any atom is -0.324 e. The topological polar surface area (TPSA) is 81.8 Å². The van der Waals surface area contributed by atoms with E-state index in [1.165, 1.54) is 40.2 Å². The number of thiocarbonyl (C=S) groups is 1. The predicted molar refractivity (Wildman–Crippen MR) is 134 cm³/mol. The number of amides is 3. The third-order valence-corrected chi connectivity index (χ3v) is 6.01. The maximum atomic E-state index is 14.0. The number of nitrogens with one attached hydrogen (secondary N) is 2. The van der Waals surface area contributed by atoms with Gasteiger partial charge in [0.1, 0.15) is 11.9 Å². The SMILES string of the molecule is O=C(CC1C(=O)N(Cc2ccccc2)C(=S)N1NC(=O)c1ccc(Cl)cc1)Nc1ccccc1F. The normalized spacial score (nSPS) is 15.3. The highest BCUT2D eigenvalue weighted by atomic mass is 35.5. The van der Waals surface area contributed by atoms with Gasteiger partial charge in [-0.05, 0) is 54.2 Å². The largest absolute Gasteiger partial charge is 0.324 e. The highest BCUT2D eigenvalue weighted by Crippen LogP contribution is 2.23. The van der Waals surface area contributed by atoms with Crippen molar-refractivity contribution in [3.05, 3.63) is 101 Å². The summed E-state index contributed by atoms with van der Waals surface area (Å²) >= 11 is 11.4. The maximum Gasteiger partial charge on any atom is 0.269 e. The zero-order valence-corrected chi connectivity index (χ0v) is 19.9. The fourth-order valence-electron chi connectivity index (χ4n) is 3.58. The molecule has 0 aromatic heterocycles. The molecule has 1 aliphatic rings. The summed E-state index contributed by atoms with van der Waals surface area (Å²) in [6, 6.07) is 20.0. The Balaban J connectivity index is 1.56. The van der Waals surface area contributed by atoms with Crippen molar-refractivity contribution in [2.45, 2.75) is 19.0 Å². The molecule has 2 N–H and O–H groups in total. The number of halogens is 2. The molecule has 3 aromatic rings. The molecular formula is C25H20ClFN4O3S. The van der Waals surface area contributed by atoms with Crippen LogP contribution in [0, 0.1) is 5.82 Å². The van der Waals surface area contributed by atoms with Crippen LogP contribution in [0.15, 0.2) is 78.9 Å². The molecule has 1 heterocycles. The van der Waals surface area contributed by atoms with Gasteiger partial charge in [0.05, 0.1) is 18.7 Å². The van der Waals surface area contributed by atoms with Crippen LogP contribution in [0.2, 0.25) is 5.02 Å². The summed E-state index contributed by atoms with van der Waals surface area (Å²) in [5.74, 6) is -2.20. The molecule has 1 saturated heterocycles. The zero-order chi connectivity index (χ0) is 24.9. The molecule has 0 spiro atoms. The Morgan fingerprint density at radius 2 is 1.63 bits per heavy atom. The van der Waals surface area contributed by atoms with Gasteiger partial charge in [-0.1, -0.05) is 54.1 Å². The molecule has 0 bridgehead atoms. The quantitative estimate of drug-likeness (QED) is 0.467. The molecule has 178 valence electrons. The van der Waals surface area contributed by atoms with E-state index in [0.717, 1.165) is 5.56 Å². The molecule has 4 rings (SSSR count). The van der Waals surface area contributed by atoms with Crippen LogP contribution in [0.5, 0.6) is 0 Å². The maximum absolute atomic E-state index is 14.0. The molecule has 1 aliphatic heterocycles. The first kappa shape index (κ1) is 24.3. The Hall–Kier alpha value is -3.82. The van der Waals surface area contributed by atoms with Crippen molar-refractivity contribution >= 4 is 52.3 Å². The van der Waals surface area contributed by atoms with E-state index in [1.807, 2.05) is 30.3 Å². The van der Waals surface area contributed by atoms with Crippen LogP contribution < -0.4 is 10.7 Å². The molecule has 10 heteroatoms. The van der Waals surface area contributed by atoms with E-state index in [-0.39, 0.29) is 23.8 Å². The smallest absolute Gasteiger partial charge is 0.269 e. The van der Waals surface area contributed by atoms with Crippen LogP contribution in [0.4, 0.5) is 10.1 Å². The average Bonchev–Trinajstić information content (AvgIpc) is 3.05. The van der Waals surface area contributed by atoms with Crippen LogP contribution in [0.1, 0.15) is 22.3 Å². The highest BCUT2D eigenvalue weighted by Gasteiger charge is 2.44. The number of rotatable bonds is 7. The number of hydrazine groups is 1. The first-order chi connectivity index (χ1) is 16.8. The summed E-state index contributed by atoms with van der Waals surface area (Å²) < 4.78 is 14.0. The van der Waals surface area contributed by atoms with Crippen LogP contribution in [-0.4, -0.2) is 38.8 Å². The summed E-state index contributed by atoms with van der Waals surface area (Å²) in [6.07, 6.45) is -0.362. The van der Waals surface area contributed by atoms with Gasteiger partial charge in [-0.2, -0.15) is 0 Å². The Morgan fingerprint density at radius 3 is 2.31 bits per heavy atom. The summed E-state index contributed by atoms with van der Waals surface area (Å²) in [6.45, 7) is 0.164. The Bertz CT molecular complexity index is 1270. The van der Waals surface area contributed by atoms with Crippen molar-refractivity contribution in [1.82, 2.24) is 15.3 Å². The molecular weight excluding hydrogens is 491 g/mol. The van der Waals surface area contributed by atoms with Crippen molar-refractivity contribution in [2.24, 2.45) is 0 Å². The van der Waals surface area contributed by atoms with Gasteiger partial charge in [-0.25, -0.2) is 9.40 Å². The standard InChI is InChI=1S/C25H20ClFN4O3S/c26-18-12-10-17(11-13-18)23(33)29-31-21(14-22(32)28-20-9-5-4-8-19(20)27)24(34)30(25(31)35)15-16-6-2-1-3-7-16/h1-13,21H,14-15H2,(H,28,32)(H,29,33). The van der Waals surface area contributed by atoms with E-state index in [0.29, 0.717) is 10.6 Å². The van der Waals surface area contributed by atoms with Crippen molar-refractivity contribution in [3.63, 3.8) is 0 Å². The number of anilines is 1. The first-order valence-electron chi connectivity index (χ1n) is 10.6. The monoisotopic (exact) mass is 510 g/mol. The Morgan fingerprint density at radius 1 is 0.971 bits per heavy atom. The van der Waals surface area contributed by atoms with E-state index in [1.54, 1.807) is 18.2 Å². The number of nitrogens with zero attached hydrogens (tertiary/aromatic N) is 2. The Labute approximate surface area is 211 Å². The molecule has 1 unspecified atom stereocenters. The van der Waals surface area contributed by atoms with Gasteiger partial charge in [-0.3, -0.25) is 24.7 Å². The van der Waals surface area contributed by atoms with E-state index < -0.39 is 29.6 Å². The lowest BCUT2D eigenvalue weighted by Gasteiger charge is -2.24. The molecule has 0 saturated carbocycles. The van der Waals surface area contributed by atoms with Crippen molar-refractivity contribution < 1.29 is 18.8 Å². The summed E-state index contributed by atoms with van der Waals surface area (Å²) in [5, 5.41) is 4.18. The molecule has 35 heavy (non-hydrogen) atoms. The fraction of sp³-hybridized carbons (Fsp3) is 0.120. The van der Waals surface area contributed by atoms with Crippen LogP contribution in [0.3, 0.4) is 0 Å². The first-order valence-corrected chi connectivity index (χ1v) is 11.4. The lowest BCUT2D eigenvalue weighted by Crippen LogP contribution is -2.49. The summed E-state index contributed by atoms with van der Waals surface area (Å²) in [5.41, 5.74) is 3.74. The average molecular weight is 511 g/mol. The van der Waals surface area contributed by atoms with E-state index >= 15 is 0 Å². The number of hydrogen-bond donors (Lipinski definition) is 2. The van der Waals surface area contributed by atoms with Crippen molar-refractivity contribution in [2.75, 3.05) is 5.32 Å². The van der Waals surface area contributed by atoms with Crippen LogP contribution >= 0.6 is 23.8 Å². The second-order valence-electron chi connectivity index (χ2n) is 7.76. The fourth-order valence-corrected chi connectivity index (χ4v) is 4.03. The highest BCUT2D eigenvalue weighted by molar-refractivity contribution is 7.80. The molecule has 0 aliphatic carbocycles. The molecule has 7 nitrogen and oxygen atoms in total. The third-order valence-electron chi connectivity index (χ3n) is 5.34. The molecule has 3 aromatic carbocycles. The number of carbonyl (C=O) groups excluding carboxylic acids is 3. The van der Waals surface area contributed by atoms with E-state index in [2.05, 4.69) is 10.7 Å². The third kappa shape index (κ3) is 5.64. The van der Waals surface area contributed by atoms with Gasteiger partial charge in [0, 0.05) is 10.6 Å². The van der Waals surface area contributed by atoms with Crippen LogP contribution in [-0.2, 0) is 16.1 Å². The number of para-hydroxylation sites is 1. The predicted octanol–water partition coefficient (Wildman–Crippen LogP) is 4.15. The minimum atomic E-state index is -1.12. The summed E-state index contributed by atoms with van der Waals surface area (Å²) in [7, 11) is 0. The summed E-state index contributed by atoms with van der Waals surface area (Å²) in [4.78, 5) is 40.2. The number of benzene rings is 3. The van der Waals surface area contributed by atoms with Gasteiger partial charge < -0.3 is 5.32 Å². The Kier molecular flexibility index (Phi) is 7.38.